The second-order valence-electron chi connectivity index (χ2n) is 5.73. The highest BCUT2D eigenvalue weighted by molar-refractivity contribution is 5.75. The van der Waals surface area contributed by atoms with Gasteiger partial charge in [-0.15, -0.1) is 0 Å². The van der Waals surface area contributed by atoms with Crippen LogP contribution in [0.5, 0.6) is 0 Å². The predicted octanol–water partition coefficient (Wildman–Crippen LogP) is 2.32. The number of morpholine rings is 1. The lowest BCUT2D eigenvalue weighted by Crippen LogP contribution is -2.49. The fourth-order valence-corrected chi connectivity index (χ4v) is 3.20. The van der Waals surface area contributed by atoms with E-state index >= 15 is 0 Å². The van der Waals surface area contributed by atoms with Crippen LogP contribution >= 0.6 is 0 Å². The molecule has 0 radical (unpaired) electrons. The van der Waals surface area contributed by atoms with Gasteiger partial charge in [0, 0.05) is 31.6 Å². The Bertz CT molecular complexity index is 457. The summed E-state index contributed by atoms with van der Waals surface area (Å²) in [5, 5.41) is 0. The van der Waals surface area contributed by atoms with Crippen molar-refractivity contribution in [2.75, 3.05) is 32.8 Å². The van der Waals surface area contributed by atoms with Gasteiger partial charge < -0.3 is 14.5 Å². The van der Waals surface area contributed by atoms with Gasteiger partial charge in [0.25, 0.3) is 0 Å². The third-order valence-corrected chi connectivity index (χ3v) is 4.37. The third-order valence-electron chi connectivity index (χ3n) is 4.37. The number of carbonyl (C=O) groups is 1. The maximum absolute atomic E-state index is 12.6. The molecule has 0 aromatic heterocycles. The first kappa shape index (κ1) is 13.4. The molecule has 2 atom stereocenters. The van der Waals surface area contributed by atoms with Crippen LogP contribution in [0.4, 0.5) is 4.79 Å². The van der Waals surface area contributed by atoms with Crippen molar-refractivity contribution in [3.05, 3.63) is 35.9 Å². The highest BCUT2D eigenvalue weighted by Crippen LogP contribution is 2.32. The lowest BCUT2D eigenvalue weighted by Gasteiger charge is -2.32. The molecule has 1 aromatic rings. The second-order valence-corrected chi connectivity index (χ2v) is 5.73. The summed E-state index contributed by atoms with van der Waals surface area (Å²) in [6.45, 7) is 5.75. The number of carbonyl (C=O) groups excluding carboxylic acids is 1. The van der Waals surface area contributed by atoms with Gasteiger partial charge in [0.2, 0.25) is 0 Å². The van der Waals surface area contributed by atoms with Crippen LogP contribution in [0.1, 0.15) is 24.8 Å². The fraction of sp³-hybridized carbons (Fsp3) is 0.562. The Morgan fingerprint density at radius 2 is 1.90 bits per heavy atom. The van der Waals surface area contributed by atoms with Crippen molar-refractivity contribution in [3.63, 3.8) is 0 Å². The minimum absolute atomic E-state index is 0.180. The molecule has 2 unspecified atom stereocenters. The zero-order chi connectivity index (χ0) is 13.9. The molecule has 2 fully saturated rings. The van der Waals surface area contributed by atoms with E-state index in [9.17, 15) is 4.79 Å². The molecule has 0 aliphatic carbocycles. The van der Waals surface area contributed by atoms with Crippen LogP contribution in [0, 0.1) is 0 Å². The summed E-state index contributed by atoms with van der Waals surface area (Å²) in [5.41, 5.74) is 1.34. The summed E-state index contributed by atoms with van der Waals surface area (Å²) in [5.74, 6) is 0.469. The van der Waals surface area contributed by atoms with Crippen LogP contribution in [0.25, 0.3) is 0 Å². The molecular formula is C16H22N2O2. The number of nitrogens with zero attached hydrogens (tertiary/aromatic N) is 2. The number of urea groups is 1. The molecule has 4 heteroatoms. The number of ether oxygens (including phenoxy) is 1. The molecule has 0 N–H and O–H groups in total. The van der Waals surface area contributed by atoms with Gasteiger partial charge in [0.1, 0.15) is 0 Å². The largest absolute Gasteiger partial charge is 0.378 e. The van der Waals surface area contributed by atoms with E-state index in [2.05, 4.69) is 31.2 Å². The van der Waals surface area contributed by atoms with Gasteiger partial charge in [-0.1, -0.05) is 30.3 Å². The van der Waals surface area contributed by atoms with E-state index in [1.54, 1.807) is 0 Å². The van der Waals surface area contributed by atoms with E-state index < -0.39 is 0 Å². The monoisotopic (exact) mass is 274 g/mol. The van der Waals surface area contributed by atoms with E-state index in [0.29, 0.717) is 25.2 Å². The van der Waals surface area contributed by atoms with Gasteiger partial charge in [-0.25, -0.2) is 4.79 Å². The van der Waals surface area contributed by atoms with E-state index in [0.717, 1.165) is 26.1 Å². The number of hydrogen-bond donors (Lipinski definition) is 0. The molecule has 2 aliphatic rings. The van der Waals surface area contributed by atoms with Gasteiger partial charge in [0.15, 0.2) is 0 Å². The van der Waals surface area contributed by atoms with Gasteiger partial charge in [-0.05, 0) is 18.9 Å². The van der Waals surface area contributed by atoms with Crippen LogP contribution in [-0.2, 0) is 4.74 Å². The van der Waals surface area contributed by atoms with Crippen LogP contribution in [0.15, 0.2) is 30.3 Å². The van der Waals surface area contributed by atoms with Crippen molar-refractivity contribution in [1.29, 1.82) is 0 Å². The Morgan fingerprint density at radius 1 is 1.20 bits per heavy atom. The number of hydrogen-bond acceptors (Lipinski definition) is 2. The first-order valence-corrected chi connectivity index (χ1v) is 7.44. The standard InChI is InChI=1S/C16H22N2O2/c1-13-11-15(14-5-3-2-4-6-14)12-18(13)16(19)17-7-9-20-10-8-17/h2-6,13,15H,7-12H2,1H3. The van der Waals surface area contributed by atoms with E-state index in [4.69, 9.17) is 4.74 Å². The zero-order valence-electron chi connectivity index (χ0n) is 12.0. The Morgan fingerprint density at radius 3 is 2.60 bits per heavy atom. The first-order valence-electron chi connectivity index (χ1n) is 7.44. The molecule has 0 bridgehead atoms. The Balaban J connectivity index is 1.67. The molecule has 2 aliphatic heterocycles. The van der Waals surface area contributed by atoms with Gasteiger partial charge in [-0.2, -0.15) is 0 Å². The Labute approximate surface area is 120 Å². The topological polar surface area (TPSA) is 32.8 Å². The predicted molar refractivity (Wildman–Crippen MR) is 77.8 cm³/mol. The SMILES string of the molecule is CC1CC(c2ccccc2)CN1C(=O)N1CCOCC1. The number of benzene rings is 1. The molecule has 2 saturated heterocycles. The first-order chi connectivity index (χ1) is 9.75. The van der Waals surface area contributed by atoms with Crippen molar-refractivity contribution >= 4 is 6.03 Å². The highest BCUT2D eigenvalue weighted by atomic mass is 16.5. The van der Waals surface area contributed by atoms with Crippen LogP contribution in [0.2, 0.25) is 0 Å². The minimum atomic E-state index is 0.180. The van der Waals surface area contributed by atoms with Crippen molar-refractivity contribution in [1.82, 2.24) is 9.80 Å². The minimum Gasteiger partial charge on any atom is -0.378 e. The summed E-state index contributed by atoms with van der Waals surface area (Å²) in [4.78, 5) is 16.5. The van der Waals surface area contributed by atoms with Gasteiger partial charge in [0.05, 0.1) is 13.2 Å². The summed E-state index contributed by atoms with van der Waals surface area (Å²) in [6.07, 6.45) is 1.06. The van der Waals surface area contributed by atoms with Crippen molar-refractivity contribution in [2.45, 2.75) is 25.3 Å². The highest BCUT2D eigenvalue weighted by Gasteiger charge is 2.35. The van der Waals surface area contributed by atoms with E-state index in [1.165, 1.54) is 5.56 Å². The molecule has 108 valence electrons. The van der Waals surface area contributed by atoms with E-state index in [-0.39, 0.29) is 6.03 Å². The van der Waals surface area contributed by atoms with Crippen LogP contribution < -0.4 is 0 Å². The average molecular weight is 274 g/mol. The van der Waals surface area contributed by atoms with E-state index in [1.807, 2.05) is 15.9 Å². The lowest BCUT2D eigenvalue weighted by molar-refractivity contribution is 0.0427. The summed E-state index contributed by atoms with van der Waals surface area (Å²) in [6, 6.07) is 11.0. The normalized spacial score (nSPS) is 26.9. The molecule has 3 rings (SSSR count). The van der Waals surface area contributed by atoms with Gasteiger partial charge in [-0.3, -0.25) is 0 Å². The quantitative estimate of drug-likeness (QED) is 0.787. The number of likely N-dealkylation sites (tertiary alicyclic amines) is 1. The molecule has 2 amide bonds. The molecule has 2 heterocycles. The Kier molecular flexibility index (Phi) is 3.92. The van der Waals surface area contributed by atoms with Crippen molar-refractivity contribution in [2.24, 2.45) is 0 Å². The lowest BCUT2D eigenvalue weighted by atomic mass is 9.97. The number of rotatable bonds is 1. The van der Waals surface area contributed by atoms with Gasteiger partial charge >= 0.3 is 6.03 Å². The number of amides is 2. The molecule has 1 aromatic carbocycles. The average Bonchev–Trinajstić information content (AvgIpc) is 2.90. The van der Waals surface area contributed by atoms with Crippen molar-refractivity contribution in [3.8, 4) is 0 Å². The zero-order valence-corrected chi connectivity index (χ0v) is 12.0. The summed E-state index contributed by atoms with van der Waals surface area (Å²) in [7, 11) is 0. The van der Waals surface area contributed by atoms with Crippen LogP contribution in [0.3, 0.4) is 0 Å². The molecular weight excluding hydrogens is 252 g/mol. The van der Waals surface area contributed by atoms with Crippen molar-refractivity contribution < 1.29 is 9.53 Å². The maximum atomic E-state index is 12.6. The Hall–Kier alpha value is -1.55. The molecule has 20 heavy (non-hydrogen) atoms. The second kappa shape index (κ2) is 5.83. The van der Waals surface area contributed by atoms with Crippen LogP contribution in [-0.4, -0.2) is 54.7 Å². The summed E-state index contributed by atoms with van der Waals surface area (Å²) >= 11 is 0. The molecule has 0 saturated carbocycles. The third kappa shape index (κ3) is 2.66. The summed E-state index contributed by atoms with van der Waals surface area (Å²) < 4.78 is 5.32. The fourth-order valence-electron chi connectivity index (χ4n) is 3.20. The maximum Gasteiger partial charge on any atom is 0.320 e. The smallest absolute Gasteiger partial charge is 0.320 e. The molecule has 0 spiro atoms. The molecule has 4 nitrogen and oxygen atoms in total.